The van der Waals surface area contributed by atoms with Gasteiger partial charge < -0.3 is 15.0 Å². The predicted molar refractivity (Wildman–Crippen MR) is 107 cm³/mol. The maximum absolute atomic E-state index is 12.4. The molecular formula is C20H24ClN3O3. The Morgan fingerprint density at radius 1 is 1.07 bits per heavy atom. The second-order valence-electron chi connectivity index (χ2n) is 6.33. The number of carbonyl (C=O) groups is 2. The number of carbonyl (C=O) groups excluding carboxylic acids is 2. The highest BCUT2D eigenvalue weighted by atomic mass is 35.5. The highest BCUT2D eigenvalue weighted by Crippen LogP contribution is 2.16. The number of benzene rings is 2. The van der Waals surface area contributed by atoms with Gasteiger partial charge >= 0.3 is 0 Å². The molecule has 0 aromatic heterocycles. The Balaban J connectivity index is 1.81. The summed E-state index contributed by atoms with van der Waals surface area (Å²) in [7, 11) is 5.03. The van der Waals surface area contributed by atoms with Crippen LogP contribution in [0.5, 0.6) is 5.75 Å². The van der Waals surface area contributed by atoms with E-state index in [2.05, 4.69) is 5.32 Å². The molecule has 0 unspecified atom stereocenters. The van der Waals surface area contributed by atoms with E-state index in [4.69, 9.17) is 16.3 Å². The van der Waals surface area contributed by atoms with Gasteiger partial charge in [-0.2, -0.15) is 0 Å². The monoisotopic (exact) mass is 389 g/mol. The van der Waals surface area contributed by atoms with Crippen LogP contribution < -0.4 is 10.1 Å². The quantitative estimate of drug-likeness (QED) is 0.754. The maximum Gasteiger partial charge on any atom is 0.238 e. The van der Waals surface area contributed by atoms with Crippen molar-refractivity contribution in [2.24, 2.45) is 0 Å². The van der Waals surface area contributed by atoms with E-state index < -0.39 is 0 Å². The van der Waals surface area contributed by atoms with E-state index in [1.54, 1.807) is 61.3 Å². The minimum absolute atomic E-state index is 0.0772. The molecule has 0 spiro atoms. The lowest BCUT2D eigenvalue weighted by Crippen LogP contribution is -2.39. The number of methoxy groups -OCH3 is 1. The second-order valence-corrected chi connectivity index (χ2v) is 6.77. The molecule has 0 aliphatic carbocycles. The van der Waals surface area contributed by atoms with Gasteiger partial charge in [0, 0.05) is 30.4 Å². The SMILES string of the molecule is COc1cccc(NC(=O)CN(C)CC(=O)N(C)Cc2cccc(Cl)c2)c1. The molecule has 0 fully saturated rings. The molecule has 0 aliphatic rings. The average Bonchev–Trinajstić information content (AvgIpc) is 2.61. The molecule has 144 valence electrons. The molecule has 2 aromatic carbocycles. The van der Waals surface area contributed by atoms with Crippen LogP contribution in [0.3, 0.4) is 0 Å². The van der Waals surface area contributed by atoms with Crippen LogP contribution in [-0.2, 0) is 16.1 Å². The highest BCUT2D eigenvalue weighted by molar-refractivity contribution is 6.30. The van der Waals surface area contributed by atoms with Gasteiger partial charge in [0.1, 0.15) is 5.75 Å². The van der Waals surface area contributed by atoms with Crippen molar-refractivity contribution in [1.29, 1.82) is 0 Å². The van der Waals surface area contributed by atoms with Gasteiger partial charge in [-0.05, 0) is 36.9 Å². The first-order chi connectivity index (χ1) is 12.9. The van der Waals surface area contributed by atoms with Crippen LogP contribution >= 0.6 is 11.6 Å². The number of hydrogen-bond acceptors (Lipinski definition) is 4. The first-order valence-electron chi connectivity index (χ1n) is 8.48. The Kier molecular flexibility index (Phi) is 7.64. The van der Waals surface area contributed by atoms with E-state index in [-0.39, 0.29) is 24.9 Å². The lowest BCUT2D eigenvalue weighted by Gasteiger charge is -2.22. The zero-order valence-corrected chi connectivity index (χ0v) is 16.5. The fourth-order valence-electron chi connectivity index (χ4n) is 2.55. The van der Waals surface area contributed by atoms with Gasteiger partial charge in [-0.3, -0.25) is 14.5 Å². The van der Waals surface area contributed by atoms with Crippen LogP contribution in [0, 0.1) is 0 Å². The van der Waals surface area contributed by atoms with Gasteiger partial charge in [0.25, 0.3) is 0 Å². The van der Waals surface area contributed by atoms with E-state index in [9.17, 15) is 9.59 Å². The van der Waals surface area contributed by atoms with Gasteiger partial charge in [0.2, 0.25) is 11.8 Å². The summed E-state index contributed by atoms with van der Waals surface area (Å²) in [6, 6.07) is 14.5. The average molecular weight is 390 g/mol. The lowest BCUT2D eigenvalue weighted by atomic mass is 10.2. The van der Waals surface area contributed by atoms with Crippen LogP contribution in [0.2, 0.25) is 5.02 Å². The molecular weight excluding hydrogens is 366 g/mol. The van der Waals surface area contributed by atoms with Crippen molar-refractivity contribution in [3.63, 3.8) is 0 Å². The molecule has 27 heavy (non-hydrogen) atoms. The maximum atomic E-state index is 12.4. The molecule has 2 amide bonds. The minimum atomic E-state index is -0.198. The van der Waals surface area contributed by atoms with Gasteiger partial charge in [0.15, 0.2) is 0 Å². The third-order valence-electron chi connectivity index (χ3n) is 3.91. The van der Waals surface area contributed by atoms with Crippen molar-refractivity contribution >= 4 is 29.1 Å². The number of nitrogens with zero attached hydrogens (tertiary/aromatic N) is 2. The van der Waals surface area contributed by atoms with Crippen molar-refractivity contribution in [1.82, 2.24) is 9.80 Å². The topological polar surface area (TPSA) is 61.9 Å². The first-order valence-corrected chi connectivity index (χ1v) is 8.86. The fourth-order valence-corrected chi connectivity index (χ4v) is 2.76. The number of anilines is 1. The standard InChI is InChI=1S/C20H24ClN3O3/c1-23(13-19(25)22-17-8-5-9-18(11-17)27-3)14-20(26)24(2)12-15-6-4-7-16(21)10-15/h4-11H,12-14H2,1-3H3,(H,22,25). The minimum Gasteiger partial charge on any atom is -0.497 e. The van der Waals surface area contributed by atoms with Crippen LogP contribution in [0.1, 0.15) is 5.56 Å². The molecule has 0 aliphatic heterocycles. The highest BCUT2D eigenvalue weighted by Gasteiger charge is 2.15. The molecule has 0 bridgehead atoms. The molecule has 0 heterocycles. The molecule has 0 saturated heterocycles. The zero-order valence-electron chi connectivity index (χ0n) is 15.7. The van der Waals surface area contributed by atoms with Crippen molar-refractivity contribution < 1.29 is 14.3 Å². The summed E-state index contributed by atoms with van der Waals surface area (Å²) in [5.41, 5.74) is 1.61. The Morgan fingerprint density at radius 3 is 2.52 bits per heavy atom. The van der Waals surface area contributed by atoms with Crippen LogP contribution in [0.15, 0.2) is 48.5 Å². The summed E-state index contributed by atoms with van der Waals surface area (Å²) in [4.78, 5) is 27.8. The summed E-state index contributed by atoms with van der Waals surface area (Å²) in [5, 5.41) is 3.43. The lowest BCUT2D eigenvalue weighted by molar-refractivity contribution is -0.131. The molecule has 2 aromatic rings. The fraction of sp³-hybridized carbons (Fsp3) is 0.300. The molecule has 0 radical (unpaired) electrons. The summed E-state index contributed by atoms with van der Waals surface area (Å²) >= 11 is 5.97. The van der Waals surface area contributed by atoms with Crippen molar-refractivity contribution in [3.8, 4) is 5.75 Å². The molecule has 0 atom stereocenters. The molecule has 2 rings (SSSR count). The van der Waals surface area contributed by atoms with E-state index >= 15 is 0 Å². The van der Waals surface area contributed by atoms with Crippen molar-refractivity contribution in [3.05, 3.63) is 59.1 Å². The zero-order chi connectivity index (χ0) is 19.8. The smallest absolute Gasteiger partial charge is 0.238 e. The second kappa shape index (κ2) is 9.94. The molecule has 1 N–H and O–H groups in total. The van der Waals surface area contributed by atoms with Crippen LogP contribution in [0.4, 0.5) is 5.69 Å². The normalized spacial score (nSPS) is 10.6. The van der Waals surface area contributed by atoms with Gasteiger partial charge in [-0.15, -0.1) is 0 Å². The Bertz CT molecular complexity index is 798. The van der Waals surface area contributed by atoms with E-state index in [1.807, 2.05) is 18.2 Å². The molecule has 6 nitrogen and oxygen atoms in total. The summed E-state index contributed by atoms with van der Waals surface area (Å²) < 4.78 is 5.13. The number of halogens is 1. The van der Waals surface area contributed by atoms with Crippen LogP contribution in [0.25, 0.3) is 0 Å². The number of rotatable bonds is 8. The Hall–Kier alpha value is -2.57. The van der Waals surface area contributed by atoms with Crippen LogP contribution in [-0.4, -0.2) is 55.9 Å². The predicted octanol–water partition coefficient (Wildman–Crippen LogP) is 2.88. The number of likely N-dealkylation sites (N-methyl/N-ethyl adjacent to an activating group) is 2. The van der Waals surface area contributed by atoms with Gasteiger partial charge in [-0.25, -0.2) is 0 Å². The van der Waals surface area contributed by atoms with E-state index in [0.717, 1.165) is 5.56 Å². The van der Waals surface area contributed by atoms with Gasteiger partial charge in [0.05, 0.1) is 20.2 Å². The van der Waals surface area contributed by atoms with Crippen molar-refractivity contribution in [2.75, 3.05) is 39.6 Å². The third kappa shape index (κ3) is 6.92. The summed E-state index contributed by atoms with van der Waals surface area (Å²) in [6.07, 6.45) is 0. The summed E-state index contributed by atoms with van der Waals surface area (Å²) in [5.74, 6) is 0.390. The number of ether oxygens (including phenoxy) is 1. The number of hydrogen-bond donors (Lipinski definition) is 1. The molecule has 0 saturated carbocycles. The van der Waals surface area contributed by atoms with Crippen molar-refractivity contribution in [2.45, 2.75) is 6.54 Å². The van der Waals surface area contributed by atoms with E-state index in [1.165, 1.54) is 0 Å². The third-order valence-corrected chi connectivity index (χ3v) is 4.14. The molecule has 7 heteroatoms. The number of amides is 2. The summed E-state index contributed by atoms with van der Waals surface area (Å²) in [6.45, 7) is 0.708. The Labute approximate surface area is 164 Å². The van der Waals surface area contributed by atoms with Gasteiger partial charge in [-0.1, -0.05) is 29.8 Å². The number of nitrogens with one attached hydrogen (secondary N) is 1. The largest absolute Gasteiger partial charge is 0.497 e. The Morgan fingerprint density at radius 2 is 1.81 bits per heavy atom. The first kappa shape index (κ1) is 20.7. The van der Waals surface area contributed by atoms with E-state index in [0.29, 0.717) is 23.0 Å².